The summed E-state index contributed by atoms with van der Waals surface area (Å²) in [6.45, 7) is 0.458. The predicted octanol–water partition coefficient (Wildman–Crippen LogP) is 5.48. The van der Waals surface area contributed by atoms with Crippen LogP contribution in [0.4, 0.5) is 0 Å². The zero-order valence-electron chi connectivity index (χ0n) is 15.7. The van der Waals surface area contributed by atoms with E-state index in [1.165, 1.54) is 0 Å². The van der Waals surface area contributed by atoms with Crippen LogP contribution in [0.15, 0.2) is 48.5 Å². The highest BCUT2D eigenvalue weighted by atomic mass is 35.5. The van der Waals surface area contributed by atoms with Gasteiger partial charge in [0.15, 0.2) is 0 Å². The van der Waals surface area contributed by atoms with Gasteiger partial charge in [0.05, 0.1) is 0 Å². The second-order valence-electron chi connectivity index (χ2n) is 6.31. The van der Waals surface area contributed by atoms with Gasteiger partial charge in [-0.2, -0.15) is 0 Å². The molecule has 0 bridgehead atoms. The first-order valence-corrected chi connectivity index (χ1v) is 10.3. The molecule has 2 rings (SSSR count). The first kappa shape index (κ1) is 22.3. The van der Waals surface area contributed by atoms with Crippen LogP contribution >= 0.6 is 23.2 Å². The second kappa shape index (κ2) is 12.4. The van der Waals surface area contributed by atoms with Gasteiger partial charge in [0, 0.05) is 24.6 Å². The molecule has 150 valence electrons. The second-order valence-corrected chi connectivity index (χ2v) is 7.06. The van der Waals surface area contributed by atoms with Gasteiger partial charge in [-0.25, -0.2) is 0 Å². The minimum atomic E-state index is -0.246. The molecular weight excluding hydrogens is 399 g/mol. The molecule has 0 fully saturated rings. The van der Waals surface area contributed by atoms with Gasteiger partial charge in [0.1, 0.15) is 13.2 Å². The Morgan fingerprint density at radius 1 is 0.714 bits per heavy atom. The summed E-state index contributed by atoms with van der Waals surface area (Å²) in [6, 6.07) is 15.6. The van der Waals surface area contributed by atoms with Gasteiger partial charge in [0.25, 0.3) is 0 Å². The quantitative estimate of drug-likeness (QED) is 0.355. The van der Waals surface area contributed by atoms with E-state index in [4.69, 9.17) is 32.7 Å². The zero-order chi connectivity index (χ0) is 20.2. The maximum Gasteiger partial charge on any atom is 0.306 e. The molecule has 0 N–H and O–H groups in total. The number of hydrogen-bond donors (Lipinski definition) is 0. The summed E-state index contributed by atoms with van der Waals surface area (Å²) < 4.78 is 10.6. The zero-order valence-corrected chi connectivity index (χ0v) is 17.2. The van der Waals surface area contributed by atoms with Crippen LogP contribution < -0.4 is 0 Å². The fraction of sp³-hybridized carbons (Fsp3) is 0.364. The summed E-state index contributed by atoms with van der Waals surface area (Å²) in [5.74, 6) is 0.402. The van der Waals surface area contributed by atoms with Gasteiger partial charge in [-0.1, -0.05) is 36.4 Å². The highest BCUT2D eigenvalue weighted by Gasteiger charge is 2.07. The van der Waals surface area contributed by atoms with Crippen molar-refractivity contribution >= 4 is 35.1 Å². The van der Waals surface area contributed by atoms with E-state index in [-0.39, 0.29) is 25.2 Å². The molecule has 0 aliphatic carbocycles. The van der Waals surface area contributed by atoms with Gasteiger partial charge in [-0.3, -0.25) is 9.59 Å². The number of carbonyl (C=O) groups excluding carboxylic acids is 2. The van der Waals surface area contributed by atoms with Crippen LogP contribution in [-0.2, 0) is 32.3 Å². The van der Waals surface area contributed by atoms with Crippen molar-refractivity contribution in [2.75, 3.05) is 11.8 Å². The van der Waals surface area contributed by atoms with E-state index in [1.54, 1.807) is 0 Å². The highest BCUT2D eigenvalue weighted by Crippen LogP contribution is 2.22. The van der Waals surface area contributed by atoms with Crippen LogP contribution in [-0.4, -0.2) is 23.7 Å². The Labute approximate surface area is 175 Å². The molecule has 0 radical (unpaired) electrons. The molecule has 6 heteroatoms. The molecule has 0 unspecified atom stereocenters. The van der Waals surface area contributed by atoms with Crippen LogP contribution in [0.5, 0.6) is 0 Å². The Bertz CT molecular complexity index is 711. The van der Waals surface area contributed by atoms with E-state index >= 15 is 0 Å². The summed E-state index contributed by atoms with van der Waals surface area (Å²) in [7, 11) is 0. The normalized spacial score (nSPS) is 10.5. The fourth-order valence-corrected chi connectivity index (χ4v) is 2.84. The van der Waals surface area contributed by atoms with Crippen molar-refractivity contribution in [3.05, 3.63) is 59.7 Å². The van der Waals surface area contributed by atoms with Crippen LogP contribution in [0, 0.1) is 0 Å². The number of halogens is 2. The molecule has 4 nitrogen and oxygen atoms in total. The smallest absolute Gasteiger partial charge is 0.306 e. The Hall–Kier alpha value is -2.04. The van der Waals surface area contributed by atoms with Crippen LogP contribution in [0.3, 0.4) is 0 Å². The lowest BCUT2D eigenvalue weighted by atomic mass is 10.0. The molecule has 0 saturated carbocycles. The number of carbonyl (C=O) groups is 2. The number of alkyl halides is 2. The number of hydrogen-bond acceptors (Lipinski definition) is 4. The van der Waals surface area contributed by atoms with Crippen molar-refractivity contribution in [2.45, 2.75) is 38.9 Å². The summed E-state index contributed by atoms with van der Waals surface area (Å²) >= 11 is 11.2. The maximum absolute atomic E-state index is 11.6. The Morgan fingerprint density at radius 2 is 1.14 bits per heavy atom. The van der Waals surface area contributed by atoms with Gasteiger partial charge < -0.3 is 9.47 Å². The molecule has 0 atom stereocenters. The van der Waals surface area contributed by atoms with Gasteiger partial charge in [-0.05, 0) is 47.2 Å². The number of rotatable bonds is 11. The summed E-state index contributed by atoms with van der Waals surface area (Å²) in [4.78, 5) is 23.3. The van der Waals surface area contributed by atoms with Crippen molar-refractivity contribution in [3.8, 4) is 11.1 Å². The standard InChI is InChI=1S/C22H24Cl2O4/c23-11-3-9-21(25)27-15-17-5-1-7-19(13-17)20-8-2-6-18(14-20)16-28-22(26)10-4-12-24/h1-2,5-8,13-14H,3-4,9-12,15-16H2. The van der Waals surface area contributed by atoms with E-state index < -0.39 is 0 Å². The largest absolute Gasteiger partial charge is 0.461 e. The van der Waals surface area contributed by atoms with E-state index in [0.29, 0.717) is 37.4 Å². The Morgan fingerprint density at radius 3 is 1.54 bits per heavy atom. The minimum Gasteiger partial charge on any atom is -0.461 e. The van der Waals surface area contributed by atoms with E-state index in [2.05, 4.69) is 0 Å². The topological polar surface area (TPSA) is 52.6 Å². The number of benzene rings is 2. The molecule has 28 heavy (non-hydrogen) atoms. The maximum atomic E-state index is 11.6. The Kier molecular flexibility index (Phi) is 9.87. The van der Waals surface area contributed by atoms with Crippen molar-refractivity contribution in [2.24, 2.45) is 0 Å². The number of ether oxygens (including phenoxy) is 2. The van der Waals surface area contributed by atoms with Crippen LogP contribution in [0.1, 0.15) is 36.8 Å². The molecule has 2 aromatic rings. The average molecular weight is 423 g/mol. The Balaban J connectivity index is 1.97. The van der Waals surface area contributed by atoms with Gasteiger partial charge >= 0.3 is 11.9 Å². The minimum absolute atomic E-state index is 0.229. The van der Waals surface area contributed by atoms with Crippen molar-refractivity contribution in [1.82, 2.24) is 0 Å². The van der Waals surface area contributed by atoms with E-state index in [1.807, 2.05) is 48.5 Å². The molecule has 0 saturated heterocycles. The van der Waals surface area contributed by atoms with Gasteiger partial charge in [0.2, 0.25) is 0 Å². The lowest BCUT2D eigenvalue weighted by Gasteiger charge is -2.09. The van der Waals surface area contributed by atoms with E-state index in [9.17, 15) is 9.59 Å². The molecule has 0 spiro atoms. The van der Waals surface area contributed by atoms with Crippen LogP contribution in [0.25, 0.3) is 11.1 Å². The van der Waals surface area contributed by atoms with Crippen molar-refractivity contribution in [3.63, 3.8) is 0 Å². The first-order chi connectivity index (χ1) is 13.6. The molecule has 2 aromatic carbocycles. The summed E-state index contributed by atoms with van der Waals surface area (Å²) in [5, 5.41) is 0. The predicted molar refractivity (Wildman–Crippen MR) is 111 cm³/mol. The first-order valence-electron chi connectivity index (χ1n) is 9.24. The molecule has 0 amide bonds. The SMILES string of the molecule is O=C(CCCCl)OCc1cccc(-c2cccc(COC(=O)CCCCl)c2)c1. The third-order valence-electron chi connectivity index (χ3n) is 4.02. The van der Waals surface area contributed by atoms with Crippen molar-refractivity contribution < 1.29 is 19.1 Å². The third kappa shape index (κ3) is 7.91. The van der Waals surface area contributed by atoms with Crippen LogP contribution in [0.2, 0.25) is 0 Å². The molecule has 0 heterocycles. The summed E-state index contributed by atoms with van der Waals surface area (Å²) in [6.07, 6.45) is 1.89. The van der Waals surface area contributed by atoms with E-state index in [0.717, 1.165) is 22.3 Å². The highest BCUT2D eigenvalue weighted by molar-refractivity contribution is 6.18. The fourth-order valence-electron chi connectivity index (χ4n) is 2.58. The van der Waals surface area contributed by atoms with Gasteiger partial charge in [-0.15, -0.1) is 23.2 Å². The molecular formula is C22H24Cl2O4. The van der Waals surface area contributed by atoms with Crippen molar-refractivity contribution in [1.29, 1.82) is 0 Å². The lowest BCUT2D eigenvalue weighted by Crippen LogP contribution is -2.05. The third-order valence-corrected chi connectivity index (χ3v) is 4.55. The molecule has 0 aromatic heterocycles. The lowest BCUT2D eigenvalue weighted by molar-refractivity contribution is -0.145. The average Bonchev–Trinajstić information content (AvgIpc) is 2.73. The molecule has 0 aliphatic heterocycles. The monoisotopic (exact) mass is 422 g/mol. The number of esters is 2. The summed E-state index contributed by atoms with van der Waals surface area (Å²) in [5.41, 5.74) is 3.83. The molecule has 0 aliphatic rings.